The maximum Gasteiger partial charge on any atom is 0.241 e. The summed E-state index contributed by atoms with van der Waals surface area (Å²) in [7, 11) is -1.19. The predicted molar refractivity (Wildman–Crippen MR) is 81.6 cm³/mol. The number of imidazole rings is 1. The molecule has 23 heavy (non-hydrogen) atoms. The molecule has 3 rings (SSSR count). The zero-order valence-corrected chi connectivity index (χ0v) is 13.1. The second kappa shape index (κ2) is 5.48. The number of rotatable bonds is 4. The smallest absolute Gasteiger partial charge is 0.241 e. The van der Waals surface area contributed by atoms with E-state index in [-0.39, 0.29) is 10.6 Å². The summed E-state index contributed by atoms with van der Waals surface area (Å²) in [6.07, 6.45) is 3.03. The van der Waals surface area contributed by atoms with Crippen LogP contribution in [0.4, 0.5) is 0 Å². The fourth-order valence-electron chi connectivity index (χ4n) is 2.15. The number of benzene rings is 1. The van der Waals surface area contributed by atoms with Crippen LogP contribution in [0.25, 0.3) is 22.7 Å². The Morgan fingerprint density at radius 3 is 2.39 bits per heavy atom. The van der Waals surface area contributed by atoms with Crippen molar-refractivity contribution in [2.24, 2.45) is 5.14 Å². The van der Waals surface area contributed by atoms with Crippen LogP contribution in [0.3, 0.4) is 0 Å². The molecule has 3 N–H and O–H groups in total. The first-order valence-corrected chi connectivity index (χ1v) is 7.94. The van der Waals surface area contributed by atoms with Crippen LogP contribution >= 0.6 is 0 Å². The molecule has 2 aromatic heterocycles. The fraction of sp³-hybridized carbons (Fsp3) is 0.154. The molecule has 0 amide bonds. The first-order chi connectivity index (χ1) is 10.9. The molecule has 3 aromatic rings. The highest BCUT2D eigenvalue weighted by molar-refractivity contribution is 7.89. The molecule has 9 nitrogen and oxygen atoms in total. The molecule has 0 bridgehead atoms. The number of hydrogen-bond acceptors (Lipinski definition) is 7. The van der Waals surface area contributed by atoms with Gasteiger partial charge in [-0.3, -0.25) is 0 Å². The van der Waals surface area contributed by atoms with Gasteiger partial charge in [0.2, 0.25) is 10.0 Å². The number of aromatic amines is 1. The second-order valence-corrected chi connectivity index (χ2v) is 6.09. The molecule has 0 fully saturated rings. The van der Waals surface area contributed by atoms with Gasteiger partial charge in [0.05, 0.1) is 19.8 Å². The van der Waals surface area contributed by atoms with E-state index < -0.39 is 10.0 Å². The van der Waals surface area contributed by atoms with E-state index in [4.69, 9.17) is 14.6 Å². The van der Waals surface area contributed by atoms with E-state index in [9.17, 15) is 8.42 Å². The fourth-order valence-corrected chi connectivity index (χ4v) is 2.86. The number of nitrogens with one attached hydrogen (secondary N) is 1. The molecule has 10 heteroatoms. The lowest BCUT2D eigenvalue weighted by molar-refractivity contribution is 0.387. The molecule has 2 heterocycles. The zero-order chi connectivity index (χ0) is 16.6. The van der Waals surface area contributed by atoms with Gasteiger partial charge >= 0.3 is 0 Å². The molecule has 1 aromatic carbocycles. The largest absolute Gasteiger partial charge is 0.496 e. The van der Waals surface area contributed by atoms with Gasteiger partial charge in [-0.25, -0.2) is 28.5 Å². The van der Waals surface area contributed by atoms with Gasteiger partial charge in [-0.05, 0) is 6.07 Å². The number of fused-ring (bicyclic) bond motifs is 1. The molecule has 0 aliphatic heterocycles. The van der Waals surface area contributed by atoms with E-state index in [1.165, 1.54) is 38.7 Å². The maximum atomic E-state index is 11.8. The molecule has 0 saturated carbocycles. The Hall–Kier alpha value is -2.72. The van der Waals surface area contributed by atoms with Crippen molar-refractivity contribution in [3.63, 3.8) is 0 Å². The Labute approximate surface area is 131 Å². The normalized spacial score (nSPS) is 11.6. The number of sulfonamides is 1. The van der Waals surface area contributed by atoms with Gasteiger partial charge in [0, 0.05) is 18.5 Å². The summed E-state index contributed by atoms with van der Waals surface area (Å²) in [6.45, 7) is 0. The standard InChI is InChI=1S/C13H13N5O4S/c1-21-8-6-9(22-2)10(23(14,19)20)5-7(8)11-17-12-13(18-11)16-4-3-15-12/h3-6H,1-2H3,(H2,14,19,20)(H,15,16,17,18). The van der Waals surface area contributed by atoms with Crippen molar-refractivity contribution in [1.82, 2.24) is 19.9 Å². The lowest BCUT2D eigenvalue weighted by atomic mass is 10.2. The Kier molecular flexibility index (Phi) is 3.62. The van der Waals surface area contributed by atoms with Gasteiger partial charge in [0.25, 0.3) is 0 Å². The van der Waals surface area contributed by atoms with E-state index in [1.807, 2.05) is 0 Å². The Morgan fingerprint density at radius 1 is 1.09 bits per heavy atom. The van der Waals surface area contributed by atoms with Crippen LogP contribution in [0.2, 0.25) is 0 Å². The quantitative estimate of drug-likeness (QED) is 0.716. The van der Waals surface area contributed by atoms with Crippen molar-refractivity contribution in [1.29, 1.82) is 0 Å². The summed E-state index contributed by atoms with van der Waals surface area (Å²) < 4.78 is 33.9. The maximum absolute atomic E-state index is 11.8. The summed E-state index contributed by atoms with van der Waals surface area (Å²) in [5.74, 6) is 0.810. The highest BCUT2D eigenvalue weighted by Crippen LogP contribution is 2.36. The van der Waals surface area contributed by atoms with Gasteiger partial charge in [-0.15, -0.1) is 0 Å². The van der Waals surface area contributed by atoms with Gasteiger partial charge in [-0.2, -0.15) is 0 Å². The molecule has 0 atom stereocenters. The lowest BCUT2D eigenvalue weighted by Crippen LogP contribution is -2.14. The number of aromatic nitrogens is 4. The van der Waals surface area contributed by atoms with Crippen molar-refractivity contribution in [3.8, 4) is 22.9 Å². The number of nitrogens with two attached hydrogens (primary N) is 1. The number of hydrogen-bond donors (Lipinski definition) is 2. The SMILES string of the molecule is COc1cc(OC)c(S(N)(=O)=O)cc1-c1nc2nccnc2[nH]1. The summed E-state index contributed by atoms with van der Waals surface area (Å²) >= 11 is 0. The van der Waals surface area contributed by atoms with Crippen LogP contribution in [-0.2, 0) is 10.0 Å². The third-order valence-electron chi connectivity index (χ3n) is 3.18. The monoisotopic (exact) mass is 335 g/mol. The average molecular weight is 335 g/mol. The molecule has 0 radical (unpaired) electrons. The summed E-state index contributed by atoms with van der Waals surface area (Å²) in [5.41, 5.74) is 1.27. The third kappa shape index (κ3) is 2.69. The minimum absolute atomic E-state index is 0.0838. The highest BCUT2D eigenvalue weighted by atomic mass is 32.2. The molecule has 0 aliphatic carbocycles. The number of ether oxygens (including phenoxy) is 2. The Morgan fingerprint density at radius 2 is 1.78 bits per heavy atom. The summed E-state index contributed by atoms with van der Waals surface area (Å²) in [6, 6.07) is 2.77. The number of nitrogens with zero attached hydrogens (tertiary/aromatic N) is 3. The Balaban J connectivity index is 2.29. The summed E-state index contributed by atoms with van der Waals surface area (Å²) in [4.78, 5) is 15.3. The van der Waals surface area contributed by atoms with Crippen LogP contribution in [0.5, 0.6) is 11.5 Å². The zero-order valence-electron chi connectivity index (χ0n) is 12.3. The van der Waals surface area contributed by atoms with Gasteiger partial charge in [-0.1, -0.05) is 0 Å². The lowest BCUT2D eigenvalue weighted by Gasteiger charge is -2.12. The van der Waals surface area contributed by atoms with Crippen LogP contribution < -0.4 is 14.6 Å². The molecule has 0 aliphatic rings. The van der Waals surface area contributed by atoms with Gasteiger partial charge < -0.3 is 14.5 Å². The van der Waals surface area contributed by atoms with Crippen molar-refractivity contribution >= 4 is 21.3 Å². The molecule has 0 spiro atoms. The summed E-state index contributed by atoms with van der Waals surface area (Å²) in [5, 5.41) is 5.24. The second-order valence-electron chi connectivity index (χ2n) is 4.56. The molecular formula is C13H13N5O4S. The Bertz CT molecular complexity index is 950. The van der Waals surface area contributed by atoms with Gasteiger partial charge in [0.15, 0.2) is 11.3 Å². The van der Waals surface area contributed by atoms with Crippen LogP contribution in [0.1, 0.15) is 0 Å². The molecule has 0 saturated heterocycles. The topological polar surface area (TPSA) is 133 Å². The van der Waals surface area contributed by atoms with Crippen molar-refractivity contribution < 1.29 is 17.9 Å². The van der Waals surface area contributed by atoms with Crippen molar-refractivity contribution in [3.05, 3.63) is 24.5 Å². The molecule has 120 valence electrons. The van der Waals surface area contributed by atoms with E-state index in [1.54, 1.807) is 0 Å². The van der Waals surface area contributed by atoms with E-state index >= 15 is 0 Å². The molecule has 0 unspecified atom stereocenters. The van der Waals surface area contributed by atoms with Gasteiger partial charge in [0.1, 0.15) is 22.2 Å². The van der Waals surface area contributed by atoms with Crippen molar-refractivity contribution in [2.75, 3.05) is 14.2 Å². The first kappa shape index (κ1) is 15.2. The predicted octanol–water partition coefficient (Wildman–Crippen LogP) is 0.684. The minimum atomic E-state index is -3.98. The van der Waals surface area contributed by atoms with Crippen LogP contribution in [-0.4, -0.2) is 42.6 Å². The highest BCUT2D eigenvalue weighted by Gasteiger charge is 2.21. The average Bonchev–Trinajstić information content (AvgIpc) is 2.96. The number of methoxy groups -OCH3 is 2. The van der Waals surface area contributed by atoms with E-state index in [0.29, 0.717) is 28.4 Å². The number of primary sulfonamides is 1. The van der Waals surface area contributed by atoms with E-state index in [0.717, 1.165) is 0 Å². The number of H-pyrrole nitrogens is 1. The third-order valence-corrected chi connectivity index (χ3v) is 4.11. The van der Waals surface area contributed by atoms with Crippen LogP contribution in [0.15, 0.2) is 29.4 Å². The van der Waals surface area contributed by atoms with E-state index in [2.05, 4.69) is 19.9 Å². The first-order valence-electron chi connectivity index (χ1n) is 6.40. The van der Waals surface area contributed by atoms with Crippen molar-refractivity contribution in [2.45, 2.75) is 4.90 Å². The minimum Gasteiger partial charge on any atom is -0.496 e. The molecular weight excluding hydrogens is 322 g/mol. The van der Waals surface area contributed by atoms with Crippen LogP contribution in [0, 0.1) is 0 Å².